The second kappa shape index (κ2) is 5.91. The summed E-state index contributed by atoms with van der Waals surface area (Å²) < 4.78 is 15.3. The largest absolute Gasteiger partial charge is 0.392 e. The maximum atomic E-state index is 13.4. The van der Waals surface area contributed by atoms with Crippen LogP contribution in [-0.4, -0.2) is 37.4 Å². The van der Waals surface area contributed by atoms with E-state index in [0.29, 0.717) is 19.5 Å². The van der Waals surface area contributed by atoms with Crippen LogP contribution in [0.1, 0.15) is 30.8 Å². The van der Waals surface area contributed by atoms with Gasteiger partial charge >= 0.3 is 0 Å². The monoisotopic (exact) mass is 290 g/mol. The molecule has 1 N–H and O–H groups in total. The molecule has 2 aromatic rings. The van der Waals surface area contributed by atoms with Gasteiger partial charge in [0.2, 0.25) is 0 Å². The molecule has 5 nitrogen and oxygen atoms in total. The molecule has 112 valence electrons. The number of aliphatic hydroxyl groups excluding tert-OH is 1. The van der Waals surface area contributed by atoms with Crippen LogP contribution in [0.2, 0.25) is 0 Å². The van der Waals surface area contributed by atoms with E-state index in [-0.39, 0.29) is 11.9 Å². The third-order valence-electron chi connectivity index (χ3n) is 3.95. The van der Waals surface area contributed by atoms with Crippen LogP contribution in [0, 0.1) is 5.82 Å². The summed E-state index contributed by atoms with van der Waals surface area (Å²) in [6, 6.07) is 6.61. The highest BCUT2D eigenvalue weighted by Crippen LogP contribution is 2.33. The molecule has 1 aromatic heterocycles. The van der Waals surface area contributed by atoms with Gasteiger partial charge in [0, 0.05) is 19.1 Å². The Bertz CT molecular complexity index is 615. The summed E-state index contributed by atoms with van der Waals surface area (Å²) in [6.07, 6.45) is 1.77. The fraction of sp³-hybridized carbons (Fsp3) is 0.467. The molecule has 1 saturated heterocycles. The van der Waals surface area contributed by atoms with Gasteiger partial charge in [0.15, 0.2) is 0 Å². The number of benzene rings is 1. The van der Waals surface area contributed by atoms with E-state index in [1.807, 2.05) is 17.7 Å². The molecule has 1 aromatic carbocycles. The fourth-order valence-electron chi connectivity index (χ4n) is 2.97. The molecule has 0 amide bonds. The number of likely N-dealkylation sites (tertiary alicyclic amines) is 1. The highest BCUT2D eigenvalue weighted by Gasteiger charge is 2.32. The molecular weight excluding hydrogens is 271 g/mol. The third kappa shape index (κ3) is 2.96. The van der Waals surface area contributed by atoms with Gasteiger partial charge in [-0.25, -0.2) is 14.1 Å². The third-order valence-corrected chi connectivity index (χ3v) is 3.95. The van der Waals surface area contributed by atoms with Gasteiger partial charge in [-0.2, -0.15) is 5.10 Å². The van der Waals surface area contributed by atoms with E-state index in [0.717, 1.165) is 17.9 Å². The predicted octanol–water partition coefficient (Wildman–Crippen LogP) is 1.74. The van der Waals surface area contributed by atoms with Crippen molar-refractivity contribution in [1.82, 2.24) is 19.7 Å². The minimum Gasteiger partial charge on any atom is -0.392 e. The van der Waals surface area contributed by atoms with Gasteiger partial charge in [-0.15, -0.1) is 0 Å². The average Bonchev–Trinajstić information content (AvgIpc) is 3.05. The zero-order chi connectivity index (χ0) is 14.8. The lowest BCUT2D eigenvalue weighted by atomic mass is 10.0. The summed E-state index contributed by atoms with van der Waals surface area (Å²) in [6.45, 7) is 3.95. The van der Waals surface area contributed by atoms with Gasteiger partial charge in [0.05, 0.1) is 12.6 Å². The molecule has 1 fully saturated rings. The fourth-order valence-corrected chi connectivity index (χ4v) is 2.97. The number of aryl methyl sites for hydroxylation is 1. The van der Waals surface area contributed by atoms with Crippen molar-refractivity contribution in [1.29, 1.82) is 0 Å². The number of halogens is 1. The van der Waals surface area contributed by atoms with E-state index in [1.54, 1.807) is 18.5 Å². The zero-order valence-corrected chi connectivity index (χ0v) is 12.0. The quantitative estimate of drug-likeness (QED) is 0.932. The molecule has 1 aliphatic rings. The first kappa shape index (κ1) is 14.2. The summed E-state index contributed by atoms with van der Waals surface area (Å²) in [7, 11) is 0. The van der Waals surface area contributed by atoms with Gasteiger partial charge in [0.1, 0.15) is 18.0 Å². The Morgan fingerprint density at radius 1 is 1.43 bits per heavy atom. The van der Waals surface area contributed by atoms with Gasteiger partial charge in [-0.05, 0) is 31.0 Å². The molecule has 0 bridgehead atoms. The van der Waals surface area contributed by atoms with Crippen LogP contribution in [0.15, 0.2) is 30.6 Å². The van der Waals surface area contributed by atoms with Crippen LogP contribution < -0.4 is 0 Å². The Morgan fingerprint density at radius 3 is 3.05 bits per heavy atom. The average molecular weight is 290 g/mol. The van der Waals surface area contributed by atoms with E-state index < -0.39 is 6.10 Å². The molecule has 6 heteroatoms. The van der Waals surface area contributed by atoms with Gasteiger partial charge in [0.25, 0.3) is 0 Å². The number of β-amino-alcohol motifs (C(OH)–C–C–N with tert-alkyl or cyclic N) is 1. The SMILES string of the molecule is CCn1ncnc1CN1C[C@@H](O)C[C@H]1c1cccc(F)c1. The first-order valence-corrected chi connectivity index (χ1v) is 7.21. The Balaban J connectivity index is 1.83. The van der Waals surface area contributed by atoms with Gasteiger partial charge in [-0.3, -0.25) is 4.90 Å². The molecule has 1 aliphatic heterocycles. The number of rotatable bonds is 4. The van der Waals surface area contributed by atoms with Crippen molar-refractivity contribution < 1.29 is 9.50 Å². The van der Waals surface area contributed by atoms with Gasteiger partial charge < -0.3 is 5.11 Å². The number of nitrogens with zero attached hydrogens (tertiary/aromatic N) is 4. The predicted molar refractivity (Wildman–Crippen MR) is 75.9 cm³/mol. The molecule has 0 saturated carbocycles. The van der Waals surface area contributed by atoms with Crippen molar-refractivity contribution >= 4 is 0 Å². The van der Waals surface area contributed by atoms with Gasteiger partial charge in [-0.1, -0.05) is 12.1 Å². The minimum atomic E-state index is -0.392. The molecule has 0 spiro atoms. The highest BCUT2D eigenvalue weighted by atomic mass is 19.1. The second-order valence-corrected chi connectivity index (χ2v) is 5.38. The number of hydrogen-bond donors (Lipinski definition) is 1. The van der Waals surface area contributed by atoms with E-state index >= 15 is 0 Å². The Hall–Kier alpha value is -1.79. The van der Waals surface area contributed by atoms with Crippen LogP contribution in [0.25, 0.3) is 0 Å². The smallest absolute Gasteiger partial charge is 0.141 e. The van der Waals surface area contributed by atoms with Crippen molar-refractivity contribution in [3.63, 3.8) is 0 Å². The molecule has 0 aliphatic carbocycles. The molecule has 2 heterocycles. The van der Waals surface area contributed by atoms with E-state index in [2.05, 4.69) is 15.0 Å². The van der Waals surface area contributed by atoms with Crippen LogP contribution >= 0.6 is 0 Å². The standard InChI is InChI=1S/C15H19FN4O/c1-2-20-15(17-10-18-20)9-19-8-13(21)7-14(19)11-4-3-5-12(16)6-11/h3-6,10,13-14,21H,2,7-9H2,1H3/t13-,14-/m0/s1. The molecule has 2 atom stereocenters. The van der Waals surface area contributed by atoms with Crippen molar-refractivity contribution in [3.8, 4) is 0 Å². The molecule has 0 radical (unpaired) electrons. The maximum absolute atomic E-state index is 13.4. The number of aliphatic hydroxyl groups is 1. The summed E-state index contributed by atoms with van der Waals surface area (Å²) in [5.74, 6) is 0.624. The van der Waals surface area contributed by atoms with E-state index in [4.69, 9.17) is 0 Å². The topological polar surface area (TPSA) is 54.2 Å². The molecule has 21 heavy (non-hydrogen) atoms. The summed E-state index contributed by atoms with van der Waals surface area (Å²) >= 11 is 0. The minimum absolute atomic E-state index is 0.0118. The van der Waals surface area contributed by atoms with Crippen LogP contribution in [0.4, 0.5) is 4.39 Å². The molecular formula is C15H19FN4O. The second-order valence-electron chi connectivity index (χ2n) is 5.38. The summed E-state index contributed by atoms with van der Waals surface area (Å²) in [5.41, 5.74) is 0.897. The van der Waals surface area contributed by atoms with Crippen LogP contribution in [-0.2, 0) is 13.1 Å². The Kier molecular flexibility index (Phi) is 3.98. The normalized spacial score (nSPS) is 22.8. The molecule has 3 rings (SSSR count). The Labute approximate surface area is 123 Å². The van der Waals surface area contributed by atoms with Crippen molar-refractivity contribution in [2.24, 2.45) is 0 Å². The molecule has 0 unspecified atom stereocenters. The lowest BCUT2D eigenvalue weighted by Crippen LogP contribution is -2.26. The van der Waals surface area contributed by atoms with Crippen LogP contribution in [0.3, 0.4) is 0 Å². The number of hydrogen-bond acceptors (Lipinski definition) is 4. The number of aromatic nitrogens is 3. The first-order chi connectivity index (χ1) is 10.2. The summed E-state index contributed by atoms with van der Waals surface area (Å²) in [4.78, 5) is 6.41. The lowest BCUT2D eigenvalue weighted by Gasteiger charge is -2.24. The zero-order valence-electron chi connectivity index (χ0n) is 12.0. The Morgan fingerprint density at radius 2 is 2.29 bits per heavy atom. The van der Waals surface area contributed by atoms with Crippen molar-refractivity contribution in [2.45, 2.75) is 38.6 Å². The maximum Gasteiger partial charge on any atom is 0.141 e. The summed E-state index contributed by atoms with van der Waals surface area (Å²) in [5, 5.41) is 14.1. The highest BCUT2D eigenvalue weighted by molar-refractivity contribution is 5.22. The van der Waals surface area contributed by atoms with E-state index in [1.165, 1.54) is 6.07 Å². The van der Waals surface area contributed by atoms with Crippen LogP contribution in [0.5, 0.6) is 0 Å². The van der Waals surface area contributed by atoms with E-state index in [9.17, 15) is 9.50 Å². The first-order valence-electron chi connectivity index (χ1n) is 7.21. The lowest BCUT2D eigenvalue weighted by molar-refractivity contribution is 0.170. The van der Waals surface area contributed by atoms with Crippen molar-refractivity contribution in [3.05, 3.63) is 47.8 Å². The van der Waals surface area contributed by atoms with Crippen molar-refractivity contribution in [2.75, 3.05) is 6.54 Å².